The van der Waals surface area contributed by atoms with Crippen LogP contribution in [0.4, 0.5) is 0 Å². The lowest BCUT2D eigenvalue weighted by Crippen LogP contribution is -2.36. The van der Waals surface area contributed by atoms with Crippen molar-refractivity contribution < 1.29 is 14.4 Å². The van der Waals surface area contributed by atoms with Crippen LogP contribution in [0.1, 0.15) is 29.9 Å². The first-order chi connectivity index (χ1) is 18.1. The number of esters is 1. The molecule has 2 heterocycles. The molecule has 1 N–H and O–H groups in total. The zero-order valence-corrected chi connectivity index (χ0v) is 20.5. The van der Waals surface area contributed by atoms with Gasteiger partial charge in [0, 0.05) is 23.5 Å². The number of oxime groups is 1. The Labute approximate surface area is 213 Å². The molecule has 0 aliphatic rings. The van der Waals surface area contributed by atoms with E-state index in [2.05, 4.69) is 10.1 Å². The summed E-state index contributed by atoms with van der Waals surface area (Å²) in [4.78, 5) is 40.5. The number of aromatic nitrogens is 3. The van der Waals surface area contributed by atoms with Crippen LogP contribution in [0.5, 0.6) is 0 Å². The average Bonchev–Trinajstić information content (AvgIpc) is 3.35. The molecule has 2 aromatic heterocycles. The van der Waals surface area contributed by atoms with Gasteiger partial charge in [-0.05, 0) is 36.2 Å². The smallest absolute Gasteiger partial charge is 0.329 e. The van der Waals surface area contributed by atoms with Crippen LogP contribution in [-0.2, 0) is 27.4 Å². The van der Waals surface area contributed by atoms with Crippen molar-refractivity contribution >= 4 is 33.5 Å². The monoisotopic (exact) mass is 494 g/mol. The fraction of sp³-hybridized carbons (Fsp3) is 0.172. The summed E-state index contributed by atoms with van der Waals surface area (Å²) in [5.41, 5.74) is 3.30. The molecular weight excluding hydrogens is 468 g/mol. The number of benzene rings is 3. The summed E-state index contributed by atoms with van der Waals surface area (Å²) in [7, 11) is 1.31. The van der Waals surface area contributed by atoms with E-state index < -0.39 is 12.0 Å². The lowest BCUT2D eigenvalue weighted by Gasteiger charge is -2.21. The van der Waals surface area contributed by atoms with Crippen molar-refractivity contribution in [2.75, 3.05) is 7.11 Å². The van der Waals surface area contributed by atoms with Crippen molar-refractivity contribution in [3.8, 4) is 0 Å². The fourth-order valence-corrected chi connectivity index (χ4v) is 4.43. The van der Waals surface area contributed by atoms with Gasteiger partial charge in [-0.3, -0.25) is 9.36 Å². The van der Waals surface area contributed by atoms with Crippen LogP contribution in [0.3, 0.4) is 0 Å². The van der Waals surface area contributed by atoms with E-state index in [4.69, 9.17) is 14.6 Å². The van der Waals surface area contributed by atoms with Crippen molar-refractivity contribution in [2.24, 2.45) is 5.16 Å². The number of hydrogen-bond donors (Lipinski definition) is 1. The second-order valence-corrected chi connectivity index (χ2v) is 8.67. The molecule has 8 heteroatoms. The Kier molecular flexibility index (Phi) is 6.81. The van der Waals surface area contributed by atoms with Gasteiger partial charge in [-0.15, -0.1) is 0 Å². The molecule has 0 fully saturated rings. The molecule has 1 atom stereocenters. The number of rotatable bonds is 8. The fourth-order valence-electron chi connectivity index (χ4n) is 4.43. The molecule has 8 nitrogen and oxygen atoms in total. The average molecular weight is 495 g/mol. The zero-order valence-electron chi connectivity index (χ0n) is 20.5. The van der Waals surface area contributed by atoms with E-state index in [0.29, 0.717) is 16.6 Å². The number of nitrogens with zero attached hydrogens (tertiary/aromatic N) is 3. The van der Waals surface area contributed by atoms with Gasteiger partial charge in [0.2, 0.25) is 0 Å². The molecule has 5 rings (SSSR count). The van der Waals surface area contributed by atoms with Crippen molar-refractivity contribution in [3.63, 3.8) is 0 Å². The standard InChI is InChI=1S/C29H26N4O4/c1-19(32-37-18-20-10-4-3-5-11-20)27-31-25-15-9-7-13-23(25)28(34)33(27)26(29(35)36-2)16-21-17-30-24-14-8-6-12-22(21)24/h3-15,17,26,30H,16,18H2,1-2H3. The van der Waals surface area contributed by atoms with E-state index in [1.165, 1.54) is 11.7 Å². The first-order valence-electron chi connectivity index (χ1n) is 11.9. The van der Waals surface area contributed by atoms with Gasteiger partial charge >= 0.3 is 5.97 Å². The predicted molar refractivity (Wildman–Crippen MR) is 143 cm³/mol. The Bertz CT molecular complexity index is 1650. The number of H-pyrrole nitrogens is 1. The largest absolute Gasteiger partial charge is 0.467 e. The minimum atomic E-state index is -0.969. The maximum absolute atomic E-state index is 13.8. The van der Waals surface area contributed by atoms with Gasteiger partial charge in [-0.25, -0.2) is 9.78 Å². The predicted octanol–water partition coefficient (Wildman–Crippen LogP) is 4.78. The maximum Gasteiger partial charge on any atom is 0.329 e. The summed E-state index contributed by atoms with van der Waals surface area (Å²) in [6.07, 6.45) is 2.07. The van der Waals surface area contributed by atoms with E-state index >= 15 is 0 Å². The van der Waals surface area contributed by atoms with E-state index in [0.717, 1.165) is 22.0 Å². The minimum Gasteiger partial charge on any atom is -0.467 e. The number of ether oxygens (including phenoxy) is 1. The first kappa shape index (κ1) is 24.0. The van der Waals surface area contributed by atoms with Crippen molar-refractivity contribution in [1.29, 1.82) is 0 Å². The van der Waals surface area contributed by atoms with Crippen LogP contribution in [0, 0.1) is 0 Å². The summed E-state index contributed by atoms with van der Waals surface area (Å²) in [6, 6.07) is 23.5. The van der Waals surface area contributed by atoms with Crippen molar-refractivity contribution in [2.45, 2.75) is 26.0 Å². The Morgan fingerprint density at radius 2 is 1.70 bits per heavy atom. The normalized spacial score (nSPS) is 12.5. The molecule has 186 valence electrons. The maximum atomic E-state index is 13.8. The first-order valence-corrected chi connectivity index (χ1v) is 11.9. The van der Waals surface area contributed by atoms with Crippen LogP contribution >= 0.6 is 0 Å². The van der Waals surface area contributed by atoms with Crippen LogP contribution in [0.15, 0.2) is 95.0 Å². The van der Waals surface area contributed by atoms with Gasteiger partial charge in [-0.1, -0.05) is 65.8 Å². The van der Waals surface area contributed by atoms with Crippen molar-refractivity contribution in [1.82, 2.24) is 14.5 Å². The molecule has 0 saturated carbocycles. The summed E-state index contributed by atoms with van der Waals surface area (Å²) in [6.45, 7) is 1.96. The lowest BCUT2D eigenvalue weighted by molar-refractivity contribution is -0.144. The highest BCUT2D eigenvalue weighted by atomic mass is 16.6. The topological polar surface area (TPSA) is 98.6 Å². The Balaban J connectivity index is 1.61. The molecule has 0 bridgehead atoms. The number of nitrogens with one attached hydrogen (secondary N) is 1. The lowest BCUT2D eigenvalue weighted by atomic mass is 10.0. The summed E-state index contributed by atoms with van der Waals surface area (Å²) in [5.74, 6) is -0.310. The quantitative estimate of drug-likeness (QED) is 0.190. The Morgan fingerprint density at radius 3 is 2.49 bits per heavy atom. The Morgan fingerprint density at radius 1 is 1.00 bits per heavy atom. The molecule has 5 aromatic rings. The molecular formula is C29H26N4O4. The summed E-state index contributed by atoms with van der Waals surface area (Å²) in [5, 5.41) is 5.62. The van der Waals surface area contributed by atoms with Gasteiger partial charge in [-0.2, -0.15) is 0 Å². The molecule has 1 unspecified atom stereocenters. The number of hydrogen-bond acceptors (Lipinski definition) is 6. The second kappa shape index (κ2) is 10.5. The highest BCUT2D eigenvalue weighted by molar-refractivity contribution is 5.97. The highest BCUT2D eigenvalue weighted by Crippen LogP contribution is 2.25. The molecule has 3 aromatic carbocycles. The molecule has 0 saturated heterocycles. The third kappa shape index (κ3) is 4.86. The van der Waals surface area contributed by atoms with Crippen LogP contribution in [0.2, 0.25) is 0 Å². The number of carbonyl (C=O) groups is 1. The van der Waals surface area contributed by atoms with Gasteiger partial charge in [0.25, 0.3) is 5.56 Å². The number of aromatic amines is 1. The SMILES string of the molecule is COC(=O)C(Cc1c[nH]c2ccccc12)n1c(C(C)=NOCc2ccccc2)nc2ccccc2c1=O. The molecule has 0 aliphatic carbocycles. The minimum absolute atomic E-state index is 0.224. The van der Waals surface area contributed by atoms with Crippen LogP contribution in [-0.4, -0.2) is 33.3 Å². The van der Waals surface area contributed by atoms with Crippen LogP contribution in [0.25, 0.3) is 21.8 Å². The van der Waals surface area contributed by atoms with Crippen molar-refractivity contribution in [3.05, 3.63) is 112 Å². The Hall–Kier alpha value is -4.72. The number of fused-ring (bicyclic) bond motifs is 2. The third-order valence-electron chi connectivity index (χ3n) is 6.28. The van der Waals surface area contributed by atoms with E-state index in [1.54, 1.807) is 25.1 Å². The highest BCUT2D eigenvalue weighted by Gasteiger charge is 2.29. The zero-order chi connectivity index (χ0) is 25.8. The van der Waals surface area contributed by atoms with E-state index in [1.807, 2.05) is 66.9 Å². The molecule has 0 amide bonds. The van der Waals surface area contributed by atoms with Gasteiger partial charge in [0.15, 0.2) is 5.82 Å². The van der Waals surface area contributed by atoms with E-state index in [9.17, 15) is 9.59 Å². The van der Waals surface area contributed by atoms with Gasteiger partial charge in [0.05, 0.1) is 18.0 Å². The number of methoxy groups -OCH3 is 1. The molecule has 0 aliphatic heterocycles. The van der Waals surface area contributed by atoms with Crippen LogP contribution < -0.4 is 5.56 Å². The summed E-state index contributed by atoms with van der Waals surface area (Å²) < 4.78 is 6.54. The summed E-state index contributed by atoms with van der Waals surface area (Å²) >= 11 is 0. The number of carbonyl (C=O) groups excluding carboxylic acids is 1. The molecule has 37 heavy (non-hydrogen) atoms. The van der Waals surface area contributed by atoms with Gasteiger partial charge in [0.1, 0.15) is 18.4 Å². The number of para-hydroxylation sites is 2. The second-order valence-electron chi connectivity index (χ2n) is 8.67. The molecule has 0 radical (unpaired) electrons. The molecule has 0 spiro atoms. The third-order valence-corrected chi connectivity index (χ3v) is 6.28. The van der Waals surface area contributed by atoms with E-state index in [-0.39, 0.29) is 24.4 Å². The van der Waals surface area contributed by atoms with Gasteiger partial charge < -0.3 is 14.6 Å².